The van der Waals surface area contributed by atoms with E-state index in [4.69, 9.17) is 0 Å². The summed E-state index contributed by atoms with van der Waals surface area (Å²) >= 11 is 0. The first-order valence-corrected chi connectivity index (χ1v) is 4.16. The molecule has 14 heavy (non-hydrogen) atoms. The fourth-order valence-electron chi connectivity index (χ4n) is 1.27. The smallest absolute Gasteiger partial charge is 0.230 e. The van der Waals surface area contributed by atoms with Crippen LogP contribution in [0.3, 0.4) is 0 Å². The van der Waals surface area contributed by atoms with Crippen molar-refractivity contribution in [1.82, 2.24) is 9.55 Å². The Hall–Kier alpha value is -1.71. The lowest BCUT2D eigenvalue weighted by Crippen LogP contribution is -1.96. The number of aromatic nitrogens is 2. The van der Waals surface area contributed by atoms with Crippen molar-refractivity contribution in [1.29, 1.82) is 0 Å². The van der Waals surface area contributed by atoms with Gasteiger partial charge in [-0.15, -0.1) is 0 Å². The van der Waals surface area contributed by atoms with Crippen LogP contribution in [0.4, 0.5) is 8.78 Å². The first-order valence-electron chi connectivity index (χ1n) is 4.16. The van der Waals surface area contributed by atoms with Crippen molar-refractivity contribution in [2.24, 2.45) is 0 Å². The molecule has 2 nitrogen and oxygen atoms in total. The zero-order valence-electron chi connectivity index (χ0n) is 7.32. The minimum atomic E-state index is -0.526. The number of hydrogen-bond acceptors (Lipinski definition) is 1. The second kappa shape index (κ2) is 3.57. The molecule has 0 aliphatic rings. The molecule has 0 spiro atoms. The third kappa shape index (κ3) is 1.96. The minimum absolute atomic E-state index is 0.289. The van der Waals surface area contributed by atoms with E-state index in [1.54, 1.807) is 16.7 Å². The van der Waals surface area contributed by atoms with Crippen LogP contribution in [0.15, 0.2) is 36.8 Å². The maximum absolute atomic E-state index is 12.8. The lowest BCUT2D eigenvalue weighted by molar-refractivity contribution is 0.588. The molecule has 1 heterocycles. The molecule has 0 bridgehead atoms. The van der Waals surface area contributed by atoms with Crippen LogP contribution in [0, 0.1) is 11.8 Å². The molecule has 2 aromatic rings. The lowest BCUT2D eigenvalue weighted by Gasteiger charge is -2.01. The summed E-state index contributed by atoms with van der Waals surface area (Å²) in [7, 11) is 0. The van der Waals surface area contributed by atoms with E-state index in [0.29, 0.717) is 6.54 Å². The first kappa shape index (κ1) is 8.87. The Bertz CT molecular complexity index is 437. The summed E-state index contributed by atoms with van der Waals surface area (Å²) in [6.45, 7) is 0.425. The van der Waals surface area contributed by atoms with Gasteiger partial charge in [-0.3, -0.25) is 0 Å². The molecule has 0 fully saturated rings. The van der Waals surface area contributed by atoms with Crippen molar-refractivity contribution in [3.05, 3.63) is 54.1 Å². The topological polar surface area (TPSA) is 17.8 Å². The predicted molar refractivity (Wildman–Crippen MR) is 47.7 cm³/mol. The molecule has 72 valence electrons. The van der Waals surface area contributed by atoms with Gasteiger partial charge in [0, 0.05) is 6.54 Å². The van der Waals surface area contributed by atoms with Crippen LogP contribution in [-0.4, -0.2) is 9.55 Å². The van der Waals surface area contributed by atoms with Crippen molar-refractivity contribution in [3.8, 4) is 0 Å². The molecule has 1 aromatic carbocycles. The van der Waals surface area contributed by atoms with Gasteiger partial charge in [0.1, 0.15) is 5.82 Å². The Morgan fingerprint density at radius 3 is 2.79 bits per heavy atom. The molecule has 0 radical (unpaired) electrons. The van der Waals surface area contributed by atoms with E-state index in [2.05, 4.69) is 4.98 Å². The summed E-state index contributed by atoms with van der Waals surface area (Å²) in [6.07, 6.45) is 2.64. The van der Waals surface area contributed by atoms with Gasteiger partial charge in [0.05, 0.1) is 12.5 Å². The molecule has 0 aliphatic heterocycles. The summed E-state index contributed by atoms with van der Waals surface area (Å²) in [4.78, 5) is 3.44. The average molecular weight is 194 g/mol. The van der Waals surface area contributed by atoms with Gasteiger partial charge in [-0.25, -0.2) is 9.37 Å². The Labute approximate surface area is 79.8 Å². The largest absolute Gasteiger partial charge is 0.330 e. The normalized spacial score (nSPS) is 10.4. The van der Waals surface area contributed by atoms with Crippen molar-refractivity contribution < 1.29 is 8.78 Å². The second-order valence-electron chi connectivity index (χ2n) is 3.00. The van der Waals surface area contributed by atoms with E-state index < -0.39 is 5.95 Å². The maximum atomic E-state index is 12.8. The third-order valence-corrected chi connectivity index (χ3v) is 1.86. The standard InChI is InChI=1S/C10H8F2N2/c11-9-3-1-2-8(4-9)5-14-6-10(12)13-7-14/h1-4,6-7H,5H2. The summed E-state index contributed by atoms with van der Waals surface area (Å²) in [5.41, 5.74) is 0.780. The van der Waals surface area contributed by atoms with E-state index in [1.165, 1.54) is 24.7 Å². The highest BCUT2D eigenvalue weighted by Gasteiger charge is 1.98. The van der Waals surface area contributed by atoms with E-state index in [-0.39, 0.29) is 5.82 Å². The number of halogens is 2. The molecular formula is C10H8F2N2. The maximum Gasteiger partial charge on any atom is 0.230 e. The first-order chi connectivity index (χ1) is 6.74. The number of rotatable bonds is 2. The van der Waals surface area contributed by atoms with Crippen LogP contribution in [0.5, 0.6) is 0 Å². The van der Waals surface area contributed by atoms with Crippen LogP contribution in [0.2, 0.25) is 0 Å². The number of hydrogen-bond donors (Lipinski definition) is 0. The summed E-state index contributed by atoms with van der Waals surface area (Å²) < 4.78 is 26.8. The zero-order chi connectivity index (χ0) is 9.97. The van der Waals surface area contributed by atoms with E-state index in [9.17, 15) is 8.78 Å². The lowest BCUT2D eigenvalue weighted by atomic mass is 10.2. The zero-order valence-corrected chi connectivity index (χ0v) is 7.32. The van der Waals surface area contributed by atoms with Gasteiger partial charge >= 0.3 is 0 Å². The van der Waals surface area contributed by atoms with Crippen LogP contribution in [-0.2, 0) is 6.54 Å². The summed E-state index contributed by atoms with van der Waals surface area (Å²) in [5, 5.41) is 0. The Balaban J connectivity index is 2.18. The molecule has 1 aromatic heterocycles. The van der Waals surface area contributed by atoms with Crippen LogP contribution in [0.25, 0.3) is 0 Å². The SMILES string of the molecule is Fc1cccc(Cn2cnc(F)c2)c1. The third-order valence-electron chi connectivity index (χ3n) is 1.86. The molecule has 0 atom stereocenters. The molecular weight excluding hydrogens is 186 g/mol. The Kier molecular flexibility index (Phi) is 2.26. The van der Waals surface area contributed by atoms with Gasteiger partial charge in [0.25, 0.3) is 0 Å². The fraction of sp³-hybridized carbons (Fsp3) is 0.100. The molecule has 0 amide bonds. The highest BCUT2D eigenvalue weighted by Crippen LogP contribution is 2.06. The van der Waals surface area contributed by atoms with Crippen molar-refractivity contribution in [3.63, 3.8) is 0 Å². The van der Waals surface area contributed by atoms with Gasteiger partial charge < -0.3 is 4.57 Å². The average Bonchev–Trinajstić information content (AvgIpc) is 2.51. The predicted octanol–water partition coefficient (Wildman–Crippen LogP) is 2.21. The Morgan fingerprint density at radius 2 is 2.14 bits per heavy atom. The summed E-state index contributed by atoms with van der Waals surface area (Å²) in [6, 6.07) is 6.19. The van der Waals surface area contributed by atoms with E-state index in [1.807, 2.05) is 0 Å². The van der Waals surface area contributed by atoms with Gasteiger partial charge in [0.2, 0.25) is 5.95 Å². The van der Waals surface area contributed by atoms with E-state index >= 15 is 0 Å². The van der Waals surface area contributed by atoms with Crippen LogP contribution < -0.4 is 0 Å². The molecule has 0 saturated carbocycles. The molecule has 0 aliphatic carbocycles. The number of nitrogens with zero attached hydrogens (tertiary/aromatic N) is 2. The number of benzene rings is 1. The van der Waals surface area contributed by atoms with E-state index in [0.717, 1.165) is 5.56 Å². The van der Waals surface area contributed by atoms with Crippen molar-refractivity contribution in [2.45, 2.75) is 6.54 Å². The molecule has 2 rings (SSSR count). The van der Waals surface area contributed by atoms with Gasteiger partial charge in [-0.05, 0) is 17.7 Å². The summed E-state index contributed by atoms with van der Waals surface area (Å²) in [5.74, 6) is -0.815. The quantitative estimate of drug-likeness (QED) is 0.716. The van der Waals surface area contributed by atoms with Crippen LogP contribution in [0.1, 0.15) is 5.56 Å². The fourth-order valence-corrected chi connectivity index (χ4v) is 1.27. The van der Waals surface area contributed by atoms with Crippen LogP contribution >= 0.6 is 0 Å². The monoisotopic (exact) mass is 194 g/mol. The minimum Gasteiger partial charge on any atom is -0.330 e. The number of imidazole rings is 1. The van der Waals surface area contributed by atoms with Crippen molar-refractivity contribution in [2.75, 3.05) is 0 Å². The molecule has 0 N–H and O–H groups in total. The van der Waals surface area contributed by atoms with Gasteiger partial charge in [-0.1, -0.05) is 12.1 Å². The second-order valence-corrected chi connectivity index (χ2v) is 3.00. The Morgan fingerprint density at radius 1 is 1.29 bits per heavy atom. The molecule has 0 saturated heterocycles. The highest BCUT2D eigenvalue weighted by molar-refractivity contribution is 5.16. The molecule has 4 heteroatoms. The molecule has 0 unspecified atom stereocenters. The van der Waals surface area contributed by atoms with Gasteiger partial charge in [0.15, 0.2) is 0 Å². The highest BCUT2D eigenvalue weighted by atomic mass is 19.1. The van der Waals surface area contributed by atoms with Crippen molar-refractivity contribution >= 4 is 0 Å². The van der Waals surface area contributed by atoms with Gasteiger partial charge in [-0.2, -0.15) is 4.39 Å².